The average molecular weight is 284 g/mol. The summed E-state index contributed by atoms with van der Waals surface area (Å²) in [6.07, 6.45) is 2.43. The minimum absolute atomic E-state index is 0.0188. The van der Waals surface area contributed by atoms with Crippen LogP contribution in [0.1, 0.15) is 45.2 Å². The first-order valence-corrected chi connectivity index (χ1v) is 7.20. The molecule has 106 valence electrons. The summed E-state index contributed by atoms with van der Waals surface area (Å²) in [6, 6.07) is 5.74. The Morgan fingerprint density at radius 3 is 2.47 bits per heavy atom. The molecule has 2 rings (SSSR count). The van der Waals surface area contributed by atoms with Gasteiger partial charge in [-0.15, -0.1) is 0 Å². The van der Waals surface area contributed by atoms with E-state index in [1.165, 1.54) is 0 Å². The third-order valence-corrected chi connectivity index (χ3v) is 3.72. The fourth-order valence-electron chi connectivity index (χ4n) is 2.52. The molecule has 1 aliphatic rings. The van der Waals surface area contributed by atoms with Crippen molar-refractivity contribution in [2.75, 3.05) is 0 Å². The van der Waals surface area contributed by atoms with Crippen LogP contribution in [-0.4, -0.2) is 18.3 Å². The van der Waals surface area contributed by atoms with Crippen molar-refractivity contribution in [3.05, 3.63) is 28.8 Å². The second-order valence-electron chi connectivity index (χ2n) is 5.45. The predicted octanol–water partition coefficient (Wildman–Crippen LogP) is 3.69. The van der Waals surface area contributed by atoms with Gasteiger partial charge in [0.25, 0.3) is 0 Å². The number of hydrogen-bond acceptors (Lipinski definition) is 3. The van der Waals surface area contributed by atoms with Crippen molar-refractivity contribution in [1.29, 1.82) is 0 Å². The number of ether oxygens (including phenoxy) is 2. The van der Waals surface area contributed by atoms with E-state index in [0.717, 1.165) is 24.2 Å². The first-order valence-electron chi connectivity index (χ1n) is 6.83. The van der Waals surface area contributed by atoms with Gasteiger partial charge in [0.15, 0.2) is 0 Å². The summed E-state index contributed by atoms with van der Waals surface area (Å²) >= 11 is 6.25. The van der Waals surface area contributed by atoms with Gasteiger partial charge in [-0.2, -0.15) is 0 Å². The van der Waals surface area contributed by atoms with Crippen LogP contribution in [0.5, 0.6) is 5.75 Å². The van der Waals surface area contributed by atoms with Gasteiger partial charge in [-0.1, -0.05) is 17.7 Å². The molecule has 2 unspecified atom stereocenters. The van der Waals surface area contributed by atoms with Crippen LogP contribution in [0.4, 0.5) is 0 Å². The van der Waals surface area contributed by atoms with Gasteiger partial charge in [-0.25, -0.2) is 0 Å². The monoisotopic (exact) mass is 283 g/mol. The number of hydrogen-bond donors (Lipinski definition) is 1. The largest absolute Gasteiger partial charge is 0.489 e. The minimum atomic E-state index is -0.0188. The van der Waals surface area contributed by atoms with Crippen LogP contribution in [0.2, 0.25) is 5.02 Å². The van der Waals surface area contributed by atoms with Crippen molar-refractivity contribution in [2.45, 2.75) is 58.0 Å². The van der Waals surface area contributed by atoms with Crippen LogP contribution in [0.3, 0.4) is 0 Å². The maximum Gasteiger partial charge on any atom is 0.138 e. The summed E-state index contributed by atoms with van der Waals surface area (Å²) in [6.45, 7) is 6.09. The Morgan fingerprint density at radius 1 is 1.32 bits per heavy atom. The molecule has 4 heteroatoms. The molecule has 0 bridgehead atoms. The zero-order valence-corrected chi connectivity index (χ0v) is 12.5. The van der Waals surface area contributed by atoms with E-state index in [2.05, 4.69) is 13.8 Å². The molecule has 19 heavy (non-hydrogen) atoms. The van der Waals surface area contributed by atoms with Gasteiger partial charge in [0.1, 0.15) is 11.9 Å². The molecule has 1 heterocycles. The Kier molecular flexibility index (Phi) is 4.71. The number of benzene rings is 1. The molecule has 0 aromatic heterocycles. The zero-order chi connectivity index (χ0) is 14.0. The Hall–Kier alpha value is -0.770. The maximum atomic E-state index is 6.25. The van der Waals surface area contributed by atoms with Gasteiger partial charge >= 0.3 is 0 Å². The van der Waals surface area contributed by atoms with Crippen LogP contribution in [0, 0.1) is 0 Å². The molecule has 1 fully saturated rings. The Bertz CT molecular complexity index is 426. The van der Waals surface area contributed by atoms with Gasteiger partial charge in [-0.3, -0.25) is 0 Å². The molecule has 1 aromatic rings. The molecule has 1 saturated heterocycles. The molecule has 3 atom stereocenters. The molecule has 2 N–H and O–H groups in total. The highest BCUT2D eigenvalue weighted by atomic mass is 35.5. The van der Waals surface area contributed by atoms with Crippen LogP contribution >= 0.6 is 11.6 Å². The van der Waals surface area contributed by atoms with Gasteiger partial charge in [-0.05, 0) is 38.5 Å². The lowest BCUT2D eigenvalue weighted by Gasteiger charge is -2.32. The summed E-state index contributed by atoms with van der Waals surface area (Å²) in [7, 11) is 0. The van der Waals surface area contributed by atoms with Gasteiger partial charge in [0.2, 0.25) is 0 Å². The molecule has 0 radical (unpaired) electrons. The topological polar surface area (TPSA) is 44.5 Å². The molecule has 0 saturated carbocycles. The van der Waals surface area contributed by atoms with E-state index in [1.807, 2.05) is 25.1 Å². The molecular formula is C15H22ClNO2. The molecule has 3 nitrogen and oxygen atoms in total. The maximum absolute atomic E-state index is 6.25. The van der Waals surface area contributed by atoms with E-state index in [1.54, 1.807) is 0 Å². The van der Waals surface area contributed by atoms with Crippen molar-refractivity contribution in [3.63, 3.8) is 0 Å². The second-order valence-corrected chi connectivity index (χ2v) is 5.85. The van der Waals surface area contributed by atoms with Crippen molar-refractivity contribution in [1.82, 2.24) is 0 Å². The standard InChI is InChI=1S/C15H22ClNO2/c1-9-6-13(7-10(2)18-9)19-15-5-4-12(11(3)17)8-14(15)16/h4-5,8-11,13H,6-7,17H2,1-3H3/t9?,10?,11-,13?/m1/s1. The van der Waals surface area contributed by atoms with E-state index in [-0.39, 0.29) is 24.4 Å². The number of halogens is 1. The Morgan fingerprint density at radius 2 is 1.95 bits per heavy atom. The summed E-state index contributed by atoms with van der Waals surface area (Å²) in [5, 5.41) is 0.626. The highest BCUT2D eigenvalue weighted by Gasteiger charge is 2.26. The lowest BCUT2D eigenvalue weighted by Crippen LogP contribution is -2.35. The van der Waals surface area contributed by atoms with E-state index in [4.69, 9.17) is 26.8 Å². The quantitative estimate of drug-likeness (QED) is 0.920. The SMILES string of the molecule is CC1CC(Oc2ccc([C@@H](C)N)cc2Cl)CC(C)O1. The molecule has 0 aliphatic carbocycles. The minimum Gasteiger partial charge on any atom is -0.489 e. The fraction of sp³-hybridized carbons (Fsp3) is 0.600. The molecular weight excluding hydrogens is 262 g/mol. The summed E-state index contributed by atoms with van der Waals surface area (Å²) < 4.78 is 11.7. The number of nitrogens with two attached hydrogens (primary N) is 1. The molecule has 0 amide bonds. The summed E-state index contributed by atoms with van der Waals surface area (Å²) in [4.78, 5) is 0. The lowest BCUT2D eigenvalue weighted by atomic mass is 10.0. The second kappa shape index (κ2) is 6.12. The fourth-order valence-corrected chi connectivity index (χ4v) is 2.75. The summed E-state index contributed by atoms with van der Waals surface area (Å²) in [5.41, 5.74) is 6.86. The van der Waals surface area contributed by atoms with Gasteiger partial charge in [0.05, 0.1) is 17.2 Å². The third kappa shape index (κ3) is 3.85. The zero-order valence-electron chi connectivity index (χ0n) is 11.7. The van der Waals surface area contributed by atoms with E-state index in [9.17, 15) is 0 Å². The predicted molar refractivity (Wildman–Crippen MR) is 77.7 cm³/mol. The lowest BCUT2D eigenvalue weighted by molar-refractivity contribution is -0.0721. The van der Waals surface area contributed by atoms with Crippen LogP contribution in [0.25, 0.3) is 0 Å². The van der Waals surface area contributed by atoms with Crippen molar-refractivity contribution in [2.24, 2.45) is 5.73 Å². The van der Waals surface area contributed by atoms with Crippen LogP contribution in [-0.2, 0) is 4.74 Å². The van der Waals surface area contributed by atoms with E-state index < -0.39 is 0 Å². The third-order valence-electron chi connectivity index (χ3n) is 3.43. The van der Waals surface area contributed by atoms with E-state index >= 15 is 0 Å². The van der Waals surface area contributed by atoms with Crippen LogP contribution < -0.4 is 10.5 Å². The highest BCUT2D eigenvalue weighted by Crippen LogP contribution is 2.31. The van der Waals surface area contributed by atoms with Gasteiger partial charge < -0.3 is 15.2 Å². The van der Waals surface area contributed by atoms with Crippen molar-refractivity contribution >= 4 is 11.6 Å². The average Bonchev–Trinajstić information content (AvgIpc) is 2.30. The highest BCUT2D eigenvalue weighted by molar-refractivity contribution is 6.32. The first kappa shape index (κ1) is 14.6. The smallest absolute Gasteiger partial charge is 0.138 e. The molecule has 1 aliphatic heterocycles. The van der Waals surface area contributed by atoms with Crippen molar-refractivity contribution in [3.8, 4) is 5.75 Å². The van der Waals surface area contributed by atoms with Crippen LogP contribution in [0.15, 0.2) is 18.2 Å². The Labute approximate surface area is 120 Å². The van der Waals surface area contributed by atoms with E-state index in [0.29, 0.717) is 5.02 Å². The Balaban J connectivity index is 2.06. The molecule has 1 aromatic carbocycles. The summed E-state index contributed by atoms with van der Waals surface area (Å²) in [5.74, 6) is 0.734. The normalized spacial score (nSPS) is 29.0. The first-order chi connectivity index (χ1) is 8.95. The molecule has 0 spiro atoms. The van der Waals surface area contributed by atoms with Crippen molar-refractivity contribution < 1.29 is 9.47 Å². The number of rotatable bonds is 3. The van der Waals surface area contributed by atoms with Gasteiger partial charge in [0, 0.05) is 18.9 Å².